The lowest BCUT2D eigenvalue weighted by Crippen LogP contribution is -2.31. The molecule has 0 aliphatic carbocycles. The molecule has 144 valence electrons. The monoisotopic (exact) mass is 386 g/mol. The van der Waals surface area contributed by atoms with Gasteiger partial charge in [0, 0.05) is 37.2 Å². The van der Waals surface area contributed by atoms with Gasteiger partial charge in [0.2, 0.25) is 0 Å². The molecule has 28 heavy (non-hydrogen) atoms. The van der Waals surface area contributed by atoms with Crippen LogP contribution < -0.4 is 5.43 Å². The quantitative estimate of drug-likeness (QED) is 0.517. The number of benzene rings is 2. The first-order valence-corrected chi connectivity index (χ1v) is 8.56. The predicted molar refractivity (Wildman–Crippen MR) is 96.3 cm³/mol. The van der Waals surface area contributed by atoms with Gasteiger partial charge in [0.05, 0.1) is 17.2 Å². The Morgan fingerprint density at radius 3 is 2.79 bits per heavy atom. The van der Waals surface area contributed by atoms with Crippen LogP contribution in [0.1, 0.15) is 17.0 Å². The fourth-order valence-corrected chi connectivity index (χ4v) is 3.35. The molecule has 0 fully saturated rings. The number of hydrogen-bond acceptors (Lipinski definition) is 6. The molecular weight excluding hydrogens is 370 g/mol. The van der Waals surface area contributed by atoms with Gasteiger partial charge in [0.25, 0.3) is 5.69 Å². The van der Waals surface area contributed by atoms with Gasteiger partial charge in [-0.15, -0.1) is 0 Å². The molecular formula is C18H16F2N6O2. The predicted octanol–water partition coefficient (Wildman–Crippen LogP) is 3.09. The van der Waals surface area contributed by atoms with E-state index < -0.39 is 16.6 Å². The van der Waals surface area contributed by atoms with Crippen LogP contribution in [0.15, 0.2) is 49.1 Å². The summed E-state index contributed by atoms with van der Waals surface area (Å²) < 4.78 is 29.3. The minimum atomic E-state index is -0.639. The maximum atomic E-state index is 14.4. The van der Waals surface area contributed by atoms with Crippen LogP contribution in [0.4, 0.5) is 20.2 Å². The Morgan fingerprint density at radius 2 is 2.07 bits per heavy atom. The average molecular weight is 386 g/mol. The van der Waals surface area contributed by atoms with Crippen LogP contribution in [0.3, 0.4) is 0 Å². The standard InChI is InChI=1S/C18H16F2N6O2/c19-14-2-4-16(17(20)5-14)13(9-25-11-21-10-22-25)8-24-7-12-1-3-15(26(27)28)6-18(12)23-24/h1-6,10-11,13,23H,7-9H2. The van der Waals surface area contributed by atoms with Crippen molar-refractivity contribution in [3.8, 4) is 0 Å². The number of nitro benzene ring substituents is 1. The summed E-state index contributed by atoms with van der Waals surface area (Å²) in [5.74, 6) is -1.61. The van der Waals surface area contributed by atoms with Gasteiger partial charge in [-0.3, -0.25) is 14.8 Å². The average Bonchev–Trinajstić information content (AvgIpc) is 3.29. The summed E-state index contributed by atoms with van der Waals surface area (Å²) in [5.41, 5.74) is 5.04. The molecule has 2 heterocycles. The van der Waals surface area contributed by atoms with Crippen molar-refractivity contribution in [3.63, 3.8) is 0 Å². The Labute approximate surface area is 158 Å². The summed E-state index contributed by atoms with van der Waals surface area (Å²) in [5, 5.41) is 16.9. The molecule has 2 aromatic carbocycles. The summed E-state index contributed by atoms with van der Waals surface area (Å²) in [6, 6.07) is 8.14. The summed E-state index contributed by atoms with van der Waals surface area (Å²) in [6.07, 6.45) is 2.92. The van der Waals surface area contributed by atoms with E-state index in [-0.39, 0.29) is 11.6 Å². The van der Waals surface area contributed by atoms with Gasteiger partial charge < -0.3 is 5.43 Å². The lowest BCUT2D eigenvalue weighted by atomic mass is 9.98. The van der Waals surface area contributed by atoms with Gasteiger partial charge in [-0.25, -0.2) is 18.8 Å². The number of rotatable bonds is 6. The van der Waals surface area contributed by atoms with Crippen molar-refractivity contribution >= 4 is 11.4 Å². The number of hydrogen-bond donors (Lipinski definition) is 1. The lowest BCUT2D eigenvalue weighted by Gasteiger charge is -2.24. The van der Waals surface area contributed by atoms with E-state index in [0.717, 1.165) is 11.6 Å². The molecule has 1 aliphatic heterocycles. The van der Waals surface area contributed by atoms with Gasteiger partial charge in [0.15, 0.2) is 0 Å². The third kappa shape index (κ3) is 3.67. The van der Waals surface area contributed by atoms with Gasteiger partial charge >= 0.3 is 0 Å². The molecule has 1 N–H and O–H groups in total. The first-order valence-electron chi connectivity index (χ1n) is 8.56. The maximum Gasteiger partial charge on any atom is 0.271 e. The molecule has 0 saturated carbocycles. The Bertz CT molecular complexity index is 1010. The second-order valence-electron chi connectivity index (χ2n) is 6.57. The zero-order valence-electron chi connectivity index (χ0n) is 14.6. The van der Waals surface area contributed by atoms with E-state index in [2.05, 4.69) is 15.5 Å². The highest BCUT2D eigenvalue weighted by Gasteiger charge is 2.26. The first kappa shape index (κ1) is 18.0. The number of non-ortho nitro benzene ring substituents is 1. The van der Waals surface area contributed by atoms with E-state index in [1.165, 1.54) is 36.9 Å². The van der Waals surface area contributed by atoms with Crippen LogP contribution in [-0.4, -0.2) is 31.2 Å². The minimum absolute atomic E-state index is 0.00292. The van der Waals surface area contributed by atoms with Crippen molar-refractivity contribution in [3.05, 3.63) is 81.9 Å². The number of hydrazine groups is 1. The normalized spacial score (nSPS) is 14.5. The Kier molecular flexibility index (Phi) is 4.70. The number of fused-ring (bicyclic) bond motifs is 1. The van der Waals surface area contributed by atoms with Gasteiger partial charge in [-0.1, -0.05) is 6.07 Å². The van der Waals surface area contributed by atoms with Crippen LogP contribution in [-0.2, 0) is 13.1 Å². The van der Waals surface area contributed by atoms with E-state index in [1.54, 1.807) is 10.7 Å². The summed E-state index contributed by atoms with van der Waals surface area (Å²) in [4.78, 5) is 14.4. The van der Waals surface area contributed by atoms with Crippen molar-refractivity contribution < 1.29 is 13.7 Å². The fraction of sp³-hybridized carbons (Fsp3) is 0.222. The lowest BCUT2D eigenvalue weighted by molar-refractivity contribution is -0.384. The molecule has 8 nitrogen and oxygen atoms in total. The van der Waals surface area contributed by atoms with Crippen LogP contribution in [0.5, 0.6) is 0 Å². The molecule has 3 aromatic rings. The molecule has 0 bridgehead atoms. The topological polar surface area (TPSA) is 89.1 Å². The number of nitro groups is 1. The second kappa shape index (κ2) is 7.31. The smallest absolute Gasteiger partial charge is 0.271 e. The molecule has 0 spiro atoms. The highest BCUT2D eigenvalue weighted by molar-refractivity contribution is 5.59. The Hall–Kier alpha value is -3.40. The van der Waals surface area contributed by atoms with Gasteiger partial charge in [-0.05, 0) is 23.3 Å². The molecule has 1 unspecified atom stereocenters. The van der Waals surface area contributed by atoms with E-state index >= 15 is 0 Å². The molecule has 10 heteroatoms. The van der Waals surface area contributed by atoms with Gasteiger partial charge in [-0.2, -0.15) is 5.10 Å². The van der Waals surface area contributed by atoms with E-state index in [1.807, 2.05) is 5.01 Å². The molecule has 0 radical (unpaired) electrons. The van der Waals surface area contributed by atoms with E-state index in [0.29, 0.717) is 30.9 Å². The fourth-order valence-electron chi connectivity index (χ4n) is 3.35. The number of anilines is 1. The molecule has 0 saturated heterocycles. The zero-order chi connectivity index (χ0) is 19.7. The third-order valence-electron chi connectivity index (χ3n) is 4.66. The van der Waals surface area contributed by atoms with Crippen molar-refractivity contribution in [1.82, 2.24) is 19.8 Å². The van der Waals surface area contributed by atoms with Crippen LogP contribution >= 0.6 is 0 Å². The number of aromatic nitrogens is 3. The largest absolute Gasteiger partial charge is 0.318 e. The Morgan fingerprint density at radius 1 is 1.21 bits per heavy atom. The third-order valence-corrected chi connectivity index (χ3v) is 4.66. The number of nitrogens with zero attached hydrogens (tertiary/aromatic N) is 5. The Balaban J connectivity index is 1.56. The van der Waals surface area contributed by atoms with Crippen LogP contribution in [0, 0.1) is 21.7 Å². The van der Waals surface area contributed by atoms with Crippen LogP contribution in [0.2, 0.25) is 0 Å². The van der Waals surface area contributed by atoms with Crippen molar-refractivity contribution in [2.75, 3.05) is 12.0 Å². The molecule has 4 rings (SSSR count). The van der Waals surface area contributed by atoms with Crippen molar-refractivity contribution in [1.29, 1.82) is 0 Å². The number of halogens is 2. The summed E-state index contributed by atoms with van der Waals surface area (Å²) in [6.45, 7) is 1.23. The van der Waals surface area contributed by atoms with Crippen molar-refractivity contribution in [2.45, 2.75) is 19.0 Å². The van der Waals surface area contributed by atoms with E-state index in [9.17, 15) is 18.9 Å². The highest BCUT2D eigenvalue weighted by Crippen LogP contribution is 2.31. The molecule has 1 atom stereocenters. The SMILES string of the molecule is O=[N+]([O-])c1ccc2c(c1)NN(CC(Cn1cncn1)c1ccc(F)cc1F)C2. The minimum Gasteiger partial charge on any atom is -0.318 e. The second-order valence-corrected chi connectivity index (χ2v) is 6.57. The first-order chi connectivity index (χ1) is 13.5. The van der Waals surface area contributed by atoms with Crippen molar-refractivity contribution in [2.24, 2.45) is 0 Å². The van der Waals surface area contributed by atoms with Crippen LogP contribution in [0.25, 0.3) is 0 Å². The molecule has 1 aliphatic rings. The summed E-state index contributed by atoms with van der Waals surface area (Å²) in [7, 11) is 0. The van der Waals surface area contributed by atoms with E-state index in [4.69, 9.17) is 0 Å². The molecule has 0 amide bonds. The zero-order valence-corrected chi connectivity index (χ0v) is 14.6. The number of nitrogens with one attached hydrogen (secondary N) is 1. The molecule has 1 aromatic heterocycles. The highest BCUT2D eigenvalue weighted by atomic mass is 19.1. The summed E-state index contributed by atoms with van der Waals surface area (Å²) >= 11 is 0. The van der Waals surface area contributed by atoms with Gasteiger partial charge in [0.1, 0.15) is 24.3 Å². The maximum absolute atomic E-state index is 14.4.